The maximum Gasteiger partial charge on any atom is 0.354 e. The first-order valence-electron chi connectivity index (χ1n) is 8.09. The molecule has 138 valence electrons. The molecule has 9 heteroatoms. The number of anilines is 1. The molecule has 0 bridgehead atoms. The Hall–Kier alpha value is -4.27. The second-order valence-electron chi connectivity index (χ2n) is 6.04. The van der Waals surface area contributed by atoms with Crippen molar-refractivity contribution >= 4 is 23.6 Å². The molecule has 2 amide bonds. The molecule has 28 heavy (non-hydrogen) atoms. The van der Waals surface area contributed by atoms with Crippen molar-refractivity contribution in [3.05, 3.63) is 75.7 Å². The first-order chi connectivity index (χ1) is 13.4. The number of amides is 2. The molecule has 3 aromatic rings. The molecule has 1 aliphatic rings. The zero-order valence-corrected chi connectivity index (χ0v) is 14.2. The van der Waals surface area contributed by atoms with Crippen LogP contribution in [0.15, 0.2) is 53.3 Å². The molecule has 4 rings (SSSR count). The number of nitrogens with two attached hydrogens (primary N) is 1. The Morgan fingerprint density at radius 3 is 2.54 bits per heavy atom. The molecule has 0 spiro atoms. The number of aromatic carboxylic acids is 1. The van der Waals surface area contributed by atoms with E-state index in [2.05, 4.69) is 10.3 Å². The summed E-state index contributed by atoms with van der Waals surface area (Å²) in [6.07, 6.45) is 0. The average Bonchev–Trinajstić information content (AvgIpc) is 2.95. The third-order valence-electron chi connectivity index (χ3n) is 4.32. The largest absolute Gasteiger partial charge is 0.477 e. The van der Waals surface area contributed by atoms with Gasteiger partial charge in [-0.05, 0) is 24.3 Å². The zero-order chi connectivity index (χ0) is 20.0. The summed E-state index contributed by atoms with van der Waals surface area (Å²) in [5.74, 6) is -2.65. The van der Waals surface area contributed by atoms with E-state index in [0.29, 0.717) is 16.9 Å². The highest BCUT2D eigenvalue weighted by molar-refractivity contribution is 6.23. The second kappa shape index (κ2) is 6.16. The van der Waals surface area contributed by atoms with Crippen LogP contribution in [0.4, 0.5) is 5.82 Å². The summed E-state index contributed by atoms with van der Waals surface area (Å²) < 4.78 is 1.11. The number of carbonyl (C=O) groups is 3. The van der Waals surface area contributed by atoms with Crippen LogP contribution in [0, 0.1) is 0 Å². The summed E-state index contributed by atoms with van der Waals surface area (Å²) in [6.45, 7) is 0. The van der Waals surface area contributed by atoms with Crippen LogP contribution >= 0.6 is 0 Å². The van der Waals surface area contributed by atoms with Gasteiger partial charge in [-0.3, -0.25) is 24.3 Å². The number of aromatic nitrogens is 2. The fourth-order valence-corrected chi connectivity index (χ4v) is 3.06. The third kappa shape index (κ3) is 2.62. The van der Waals surface area contributed by atoms with Crippen molar-refractivity contribution in [1.82, 2.24) is 14.9 Å². The van der Waals surface area contributed by atoms with Gasteiger partial charge in [0.15, 0.2) is 0 Å². The third-order valence-corrected chi connectivity index (χ3v) is 4.32. The van der Waals surface area contributed by atoms with Gasteiger partial charge in [-0.2, -0.15) is 0 Å². The lowest BCUT2D eigenvalue weighted by Gasteiger charge is -2.13. The number of rotatable bonds is 3. The van der Waals surface area contributed by atoms with Gasteiger partial charge in [-0.15, -0.1) is 0 Å². The minimum atomic E-state index is -1.16. The predicted molar refractivity (Wildman–Crippen MR) is 98.4 cm³/mol. The lowest BCUT2D eigenvalue weighted by molar-refractivity contribution is 0.0689. The molecule has 2 aromatic heterocycles. The zero-order valence-electron chi connectivity index (χ0n) is 14.2. The Bertz CT molecular complexity index is 1250. The number of nitrogen functional groups attached to an aromatic ring is 1. The fraction of sp³-hybridized carbons (Fsp3) is 0. The topological polar surface area (TPSA) is 144 Å². The highest BCUT2D eigenvalue weighted by Crippen LogP contribution is 2.25. The van der Waals surface area contributed by atoms with E-state index in [1.165, 1.54) is 6.07 Å². The Morgan fingerprint density at radius 1 is 1.04 bits per heavy atom. The number of imide groups is 1. The standard InChI is InChI=1S/C19H12N4O5/c20-16-15-11(17(25)22-18(15)26)8-14(24)23(16)10-4-1-3-9(7-10)12-5-2-6-13(21-12)19(27)28/h1-8H,20H2,(H,27,28)(H,22,25,26). The van der Waals surface area contributed by atoms with Gasteiger partial charge in [0.2, 0.25) is 0 Å². The molecule has 0 saturated carbocycles. The van der Waals surface area contributed by atoms with Crippen LogP contribution in [-0.2, 0) is 0 Å². The number of hydrogen-bond acceptors (Lipinski definition) is 6. The number of hydrogen-bond donors (Lipinski definition) is 3. The molecule has 0 radical (unpaired) electrons. The Balaban J connectivity index is 1.88. The van der Waals surface area contributed by atoms with E-state index in [4.69, 9.17) is 10.8 Å². The first-order valence-corrected chi connectivity index (χ1v) is 8.09. The van der Waals surface area contributed by atoms with E-state index in [9.17, 15) is 19.2 Å². The van der Waals surface area contributed by atoms with Crippen molar-refractivity contribution in [1.29, 1.82) is 0 Å². The number of nitrogens with one attached hydrogen (secondary N) is 1. The van der Waals surface area contributed by atoms with Gasteiger partial charge in [0, 0.05) is 11.6 Å². The highest BCUT2D eigenvalue weighted by atomic mass is 16.4. The molecule has 0 unspecified atom stereocenters. The molecule has 3 heterocycles. The minimum Gasteiger partial charge on any atom is -0.477 e. The summed E-state index contributed by atoms with van der Waals surface area (Å²) >= 11 is 0. The van der Waals surface area contributed by atoms with E-state index < -0.39 is 23.3 Å². The van der Waals surface area contributed by atoms with Crippen LogP contribution in [0.3, 0.4) is 0 Å². The van der Waals surface area contributed by atoms with E-state index in [1.807, 2.05) is 0 Å². The van der Waals surface area contributed by atoms with Gasteiger partial charge in [-0.25, -0.2) is 9.78 Å². The van der Waals surface area contributed by atoms with Gasteiger partial charge < -0.3 is 10.8 Å². The summed E-state index contributed by atoms with van der Waals surface area (Å²) in [5, 5.41) is 11.2. The van der Waals surface area contributed by atoms with Gasteiger partial charge in [-0.1, -0.05) is 18.2 Å². The smallest absolute Gasteiger partial charge is 0.354 e. The number of benzene rings is 1. The lowest BCUT2D eigenvalue weighted by atomic mass is 10.1. The SMILES string of the molecule is Nc1c2c(cc(=O)n1-c1cccc(-c3cccc(C(=O)O)n3)c1)C(=O)NC2=O. The van der Waals surface area contributed by atoms with E-state index in [1.54, 1.807) is 36.4 Å². The van der Waals surface area contributed by atoms with Crippen LogP contribution < -0.4 is 16.6 Å². The van der Waals surface area contributed by atoms with Crippen LogP contribution in [0.2, 0.25) is 0 Å². The molecule has 0 saturated heterocycles. The van der Waals surface area contributed by atoms with E-state index >= 15 is 0 Å². The molecular weight excluding hydrogens is 364 g/mol. The molecule has 9 nitrogen and oxygen atoms in total. The Kier molecular flexibility index (Phi) is 3.78. The summed E-state index contributed by atoms with van der Waals surface area (Å²) in [6, 6.07) is 12.1. The maximum absolute atomic E-state index is 12.5. The minimum absolute atomic E-state index is 0.0546. The molecular formula is C19H12N4O5. The molecule has 1 aliphatic heterocycles. The summed E-state index contributed by atoms with van der Waals surface area (Å²) in [4.78, 5) is 51.5. The Morgan fingerprint density at radius 2 is 1.79 bits per heavy atom. The summed E-state index contributed by atoms with van der Waals surface area (Å²) in [7, 11) is 0. The van der Waals surface area contributed by atoms with Gasteiger partial charge in [0.25, 0.3) is 17.4 Å². The number of pyridine rings is 2. The van der Waals surface area contributed by atoms with Gasteiger partial charge >= 0.3 is 5.97 Å². The number of carbonyl (C=O) groups excluding carboxylic acids is 2. The van der Waals surface area contributed by atoms with Crippen LogP contribution in [0.5, 0.6) is 0 Å². The van der Waals surface area contributed by atoms with Crippen molar-refractivity contribution in [3.8, 4) is 16.9 Å². The molecule has 4 N–H and O–H groups in total. The van der Waals surface area contributed by atoms with Crippen molar-refractivity contribution in [2.75, 3.05) is 5.73 Å². The number of fused-ring (bicyclic) bond motifs is 1. The monoisotopic (exact) mass is 376 g/mol. The second-order valence-corrected chi connectivity index (χ2v) is 6.04. The first kappa shape index (κ1) is 17.2. The van der Waals surface area contributed by atoms with Crippen LogP contribution in [-0.4, -0.2) is 32.4 Å². The van der Waals surface area contributed by atoms with Crippen molar-refractivity contribution < 1.29 is 19.5 Å². The number of carboxylic acid groups (broad SMARTS) is 1. The van der Waals surface area contributed by atoms with Crippen molar-refractivity contribution in [2.45, 2.75) is 0 Å². The van der Waals surface area contributed by atoms with Gasteiger partial charge in [0.1, 0.15) is 11.5 Å². The van der Waals surface area contributed by atoms with Crippen molar-refractivity contribution in [3.63, 3.8) is 0 Å². The summed E-state index contributed by atoms with van der Waals surface area (Å²) in [5.41, 5.74) is 6.50. The molecule has 0 atom stereocenters. The normalized spacial score (nSPS) is 12.6. The lowest BCUT2D eigenvalue weighted by Crippen LogP contribution is -2.24. The average molecular weight is 376 g/mol. The molecule has 1 aromatic carbocycles. The van der Waals surface area contributed by atoms with Crippen LogP contribution in [0.25, 0.3) is 16.9 Å². The predicted octanol–water partition coefficient (Wildman–Crippen LogP) is 1.06. The molecule has 0 fully saturated rings. The van der Waals surface area contributed by atoms with Crippen LogP contribution in [0.1, 0.15) is 31.2 Å². The van der Waals surface area contributed by atoms with Crippen molar-refractivity contribution in [2.24, 2.45) is 0 Å². The Labute approximate surface area is 157 Å². The fourth-order valence-electron chi connectivity index (χ4n) is 3.06. The van der Waals surface area contributed by atoms with E-state index in [0.717, 1.165) is 10.6 Å². The highest BCUT2D eigenvalue weighted by Gasteiger charge is 2.31. The number of carboxylic acids is 1. The number of nitrogens with zero attached hydrogens (tertiary/aromatic N) is 2. The van der Waals surface area contributed by atoms with E-state index in [-0.39, 0.29) is 22.6 Å². The van der Waals surface area contributed by atoms with Gasteiger partial charge in [0.05, 0.1) is 22.5 Å². The molecule has 0 aliphatic carbocycles. The quantitative estimate of drug-likeness (QED) is 0.580. The maximum atomic E-state index is 12.5.